The van der Waals surface area contributed by atoms with E-state index in [4.69, 9.17) is 5.73 Å². The van der Waals surface area contributed by atoms with Crippen LogP contribution in [0.5, 0.6) is 0 Å². The highest BCUT2D eigenvalue weighted by Crippen LogP contribution is 2.07. The largest absolute Gasteiger partial charge is 0.321 e. The van der Waals surface area contributed by atoms with Gasteiger partial charge in [-0.3, -0.25) is 4.79 Å². The summed E-state index contributed by atoms with van der Waals surface area (Å²) in [5, 5.41) is 2.29. The maximum Gasteiger partial charge on any atom is 0.207 e. The molecule has 1 aromatic rings. The summed E-state index contributed by atoms with van der Waals surface area (Å²) in [6, 6.07) is -0.388. The molecule has 0 aliphatic heterocycles. The highest BCUT2D eigenvalue weighted by atomic mass is 32.1. The Morgan fingerprint density at radius 1 is 1.91 bits per heavy atom. The van der Waals surface area contributed by atoms with Crippen molar-refractivity contribution >= 4 is 17.1 Å². The van der Waals surface area contributed by atoms with Gasteiger partial charge in [0.25, 0.3) is 0 Å². The Balaban J connectivity index is 2.70. The lowest BCUT2D eigenvalue weighted by Gasteiger charge is -2.02. The van der Waals surface area contributed by atoms with Crippen molar-refractivity contribution in [1.82, 2.24) is 4.98 Å². The van der Waals surface area contributed by atoms with E-state index < -0.39 is 0 Å². The molecule has 0 spiro atoms. The van der Waals surface area contributed by atoms with Crippen LogP contribution in [0.25, 0.3) is 0 Å². The van der Waals surface area contributed by atoms with Gasteiger partial charge in [-0.15, -0.1) is 11.3 Å². The molecule has 1 aromatic heterocycles. The van der Waals surface area contributed by atoms with Crippen LogP contribution in [0, 0.1) is 0 Å². The summed E-state index contributed by atoms with van der Waals surface area (Å²) in [6.07, 6.45) is 2.28. The lowest BCUT2D eigenvalue weighted by atomic mass is 10.1. The standard InChI is InChI=1S/C7H10N2OS/c1-2-5(8)6(10)7-9-3-4-11-7/h3-5H,2,8H2,1H3/t5-/m1/s1. The topological polar surface area (TPSA) is 56.0 Å². The summed E-state index contributed by atoms with van der Waals surface area (Å²) in [4.78, 5) is 15.1. The second-order valence-electron chi connectivity index (χ2n) is 2.22. The zero-order chi connectivity index (χ0) is 8.27. The van der Waals surface area contributed by atoms with Crippen LogP contribution in [0.15, 0.2) is 11.6 Å². The number of ketones is 1. The Morgan fingerprint density at radius 3 is 3.09 bits per heavy atom. The summed E-state index contributed by atoms with van der Waals surface area (Å²) in [5.41, 5.74) is 5.52. The molecule has 1 rings (SSSR count). The molecule has 4 heteroatoms. The van der Waals surface area contributed by atoms with E-state index in [9.17, 15) is 4.79 Å². The third kappa shape index (κ3) is 1.85. The number of aromatic nitrogens is 1. The van der Waals surface area contributed by atoms with Gasteiger partial charge in [-0.25, -0.2) is 4.98 Å². The van der Waals surface area contributed by atoms with E-state index in [2.05, 4.69) is 4.98 Å². The van der Waals surface area contributed by atoms with Gasteiger partial charge in [0.1, 0.15) is 0 Å². The number of nitrogens with two attached hydrogens (primary N) is 1. The van der Waals surface area contributed by atoms with E-state index >= 15 is 0 Å². The Labute approximate surface area is 69.3 Å². The quantitative estimate of drug-likeness (QED) is 0.690. The zero-order valence-electron chi connectivity index (χ0n) is 6.28. The van der Waals surface area contributed by atoms with Crippen LogP contribution in [0.1, 0.15) is 23.1 Å². The van der Waals surface area contributed by atoms with E-state index in [0.717, 1.165) is 0 Å². The first-order valence-corrected chi connectivity index (χ1v) is 4.33. The fourth-order valence-corrected chi connectivity index (χ4v) is 1.33. The van der Waals surface area contributed by atoms with Crippen molar-refractivity contribution < 1.29 is 4.79 Å². The number of carbonyl (C=O) groups excluding carboxylic acids is 1. The van der Waals surface area contributed by atoms with Gasteiger partial charge in [-0.05, 0) is 6.42 Å². The van der Waals surface area contributed by atoms with Gasteiger partial charge in [-0.1, -0.05) is 6.92 Å². The van der Waals surface area contributed by atoms with Crippen molar-refractivity contribution in [2.75, 3.05) is 0 Å². The Bertz CT molecular complexity index is 233. The smallest absolute Gasteiger partial charge is 0.207 e. The van der Waals surface area contributed by atoms with Gasteiger partial charge in [0.15, 0.2) is 5.01 Å². The first-order chi connectivity index (χ1) is 5.25. The maximum absolute atomic E-state index is 11.3. The second kappa shape index (κ2) is 3.59. The molecule has 0 bridgehead atoms. The summed E-state index contributed by atoms with van der Waals surface area (Å²) < 4.78 is 0. The molecule has 0 unspecified atom stereocenters. The number of Topliss-reactive ketones (excluding diaryl/α,β-unsaturated/α-hetero) is 1. The van der Waals surface area contributed by atoms with Gasteiger partial charge in [0.05, 0.1) is 6.04 Å². The van der Waals surface area contributed by atoms with Crippen molar-refractivity contribution in [2.24, 2.45) is 5.73 Å². The number of hydrogen-bond donors (Lipinski definition) is 1. The molecule has 0 amide bonds. The third-order valence-corrected chi connectivity index (χ3v) is 2.21. The minimum Gasteiger partial charge on any atom is -0.321 e. The molecular weight excluding hydrogens is 160 g/mol. The highest BCUT2D eigenvalue weighted by Gasteiger charge is 2.15. The predicted octanol–water partition coefficient (Wildman–Crippen LogP) is 1.06. The van der Waals surface area contributed by atoms with Crippen molar-refractivity contribution in [3.8, 4) is 0 Å². The molecule has 2 N–H and O–H groups in total. The molecule has 3 nitrogen and oxygen atoms in total. The van der Waals surface area contributed by atoms with Crippen molar-refractivity contribution in [3.63, 3.8) is 0 Å². The van der Waals surface area contributed by atoms with Crippen molar-refractivity contribution in [2.45, 2.75) is 19.4 Å². The minimum absolute atomic E-state index is 0.0532. The van der Waals surface area contributed by atoms with Crippen LogP contribution in [0.3, 0.4) is 0 Å². The lowest BCUT2D eigenvalue weighted by Crippen LogP contribution is -2.29. The van der Waals surface area contributed by atoms with Gasteiger partial charge in [0, 0.05) is 11.6 Å². The highest BCUT2D eigenvalue weighted by molar-refractivity contribution is 7.11. The summed E-state index contributed by atoms with van der Waals surface area (Å²) >= 11 is 1.33. The average Bonchev–Trinajstić information content (AvgIpc) is 2.53. The van der Waals surface area contributed by atoms with Gasteiger partial charge in [0.2, 0.25) is 5.78 Å². The molecule has 0 aliphatic rings. The molecular formula is C7H10N2OS. The molecule has 1 atom stereocenters. The molecule has 1 heterocycles. The summed E-state index contributed by atoms with van der Waals surface area (Å²) in [5.74, 6) is -0.0532. The van der Waals surface area contributed by atoms with E-state index in [1.54, 1.807) is 11.6 Å². The predicted molar refractivity (Wildman–Crippen MR) is 44.7 cm³/mol. The summed E-state index contributed by atoms with van der Waals surface area (Å²) in [7, 11) is 0. The van der Waals surface area contributed by atoms with Gasteiger partial charge < -0.3 is 5.73 Å². The first-order valence-electron chi connectivity index (χ1n) is 3.45. The molecule has 11 heavy (non-hydrogen) atoms. The average molecular weight is 170 g/mol. The third-order valence-electron chi connectivity index (χ3n) is 1.42. The van der Waals surface area contributed by atoms with Gasteiger partial charge >= 0.3 is 0 Å². The number of hydrogen-bond acceptors (Lipinski definition) is 4. The molecule has 0 aliphatic carbocycles. The Hall–Kier alpha value is -0.740. The minimum atomic E-state index is -0.388. The summed E-state index contributed by atoms with van der Waals surface area (Å²) in [6.45, 7) is 1.89. The van der Waals surface area contributed by atoms with Crippen molar-refractivity contribution in [3.05, 3.63) is 16.6 Å². The normalized spacial score (nSPS) is 12.9. The Morgan fingerprint density at radius 2 is 2.64 bits per heavy atom. The first kappa shape index (κ1) is 8.36. The van der Waals surface area contributed by atoms with E-state index in [-0.39, 0.29) is 11.8 Å². The van der Waals surface area contributed by atoms with Crippen LogP contribution < -0.4 is 5.73 Å². The van der Waals surface area contributed by atoms with Crippen LogP contribution >= 0.6 is 11.3 Å². The van der Waals surface area contributed by atoms with E-state index in [1.165, 1.54) is 11.3 Å². The molecule has 60 valence electrons. The zero-order valence-corrected chi connectivity index (χ0v) is 7.10. The van der Waals surface area contributed by atoms with E-state index in [1.807, 2.05) is 6.92 Å². The maximum atomic E-state index is 11.3. The van der Waals surface area contributed by atoms with Crippen LogP contribution in [-0.2, 0) is 0 Å². The molecule has 0 radical (unpaired) electrons. The van der Waals surface area contributed by atoms with Crippen LogP contribution in [-0.4, -0.2) is 16.8 Å². The van der Waals surface area contributed by atoms with Gasteiger partial charge in [-0.2, -0.15) is 0 Å². The monoisotopic (exact) mass is 170 g/mol. The number of rotatable bonds is 3. The Kier molecular flexibility index (Phi) is 2.73. The van der Waals surface area contributed by atoms with Crippen molar-refractivity contribution in [1.29, 1.82) is 0 Å². The lowest BCUT2D eigenvalue weighted by molar-refractivity contribution is 0.0959. The van der Waals surface area contributed by atoms with E-state index in [0.29, 0.717) is 11.4 Å². The SMILES string of the molecule is CC[C@@H](N)C(=O)c1nccs1. The number of nitrogens with zero attached hydrogens (tertiary/aromatic N) is 1. The molecule has 0 aromatic carbocycles. The fraction of sp³-hybridized carbons (Fsp3) is 0.429. The number of carbonyl (C=O) groups is 1. The fourth-order valence-electron chi connectivity index (χ4n) is 0.689. The van der Waals surface area contributed by atoms with Crippen LogP contribution in [0.4, 0.5) is 0 Å². The molecule has 0 saturated carbocycles. The van der Waals surface area contributed by atoms with Crippen LogP contribution in [0.2, 0.25) is 0 Å². The molecule has 0 saturated heterocycles. The molecule has 0 fully saturated rings. The number of thiazole rings is 1. The second-order valence-corrected chi connectivity index (χ2v) is 3.11.